The molecule has 0 saturated carbocycles. The first-order chi connectivity index (χ1) is 12.5. The lowest BCUT2D eigenvalue weighted by molar-refractivity contribution is -0.117. The molecule has 0 aliphatic rings. The molecule has 26 heavy (non-hydrogen) atoms. The van der Waals surface area contributed by atoms with Crippen molar-refractivity contribution in [2.24, 2.45) is 5.73 Å². The zero-order chi connectivity index (χ0) is 18.7. The van der Waals surface area contributed by atoms with Crippen LogP contribution in [0.2, 0.25) is 0 Å². The van der Waals surface area contributed by atoms with Crippen LogP contribution in [0.5, 0.6) is 5.75 Å². The summed E-state index contributed by atoms with van der Waals surface area (Å²) in [7, 11) is 1.60. The highest BCUT2D eigenvalue weighted by Crippen LogP contribution is 2.23. The van der Waals surface area contributed by atoms with E-state index in [1.54, 1.807) is 30.7 Å². The molecule has 1 amide bonds. The number of para-hydroxylation sites is 1. The van der Waals surface area contributed by atoms with Crippen molar-refractivity contribution in [3.8, 4) is 5.75 Å². The number of thioether (sulfide) groups is 1. The van der Waals surface area contributed by atoms with E-state index in [0.717, 1.165) is 11.3 Å². The number of carbonyl (C=O) groups is 1. The number of methoxy groups -OCH3 is 1. The maximum absolute atomic E-state index is 13.0. The number of fused-ring (bicyclic) bond motifs is 1. The van der Waals surface area contributed by atoms with Gasteiger partial charge in [0, 0.05) is 0 Å². The Bertz CT molecular complexity index is 999. The predicted octanol–water partition coefficient (Wildman–Crippen LogP) is 2.42. The molecular formula is C19H19N3O3S. The Morgan fingerprint density at radius 3 is 2.58 bits per heavy atom. The Hall–Kier alpha value is -2.80. The minimum Gasteiger partial charge on any atom is -0.497 e. The van der Waals surface area contributed by atoms with E-state index in [1.165, 1.54) is 11.8 Å². The standard InChI is InChI=1S/C19H19N3O3S/c1-12(17(20)23)26-19-21-16-6-4-3-5-15(16)18(24)22(19)11-13-7-9-14(25-2)10-8-13/h3-10,12H,11H2,1-2H3,(H2,20,23)/t12-/m1/s1. The number of benzene rings is 2. The van der Waals surface area contributed by atoms with Gasteiger partial charge in [0.15, 0.2) is 5.16 Å². The highest BCUT2D eigenvalue weighted by molar-refractivity contribution is 8.00. The number of hydrogen-bond acceptors (Lipinski definition) is 5. The fourth-order valence-corrected chi connectivity index (χ4v) is 3.36. The van der Waals surface area contributed by atoms with Crippen molar-refractivity contribution >= 4 is 28.6 Å². The molecule has 2 N–H and O–H groups in total. The zero-order valence-corrected chi connectivity index (χ0v) is 15.3. The number of aromatic nitrogens is 2. The van der Waals surface area contributed by atoms with E-state index in [0.29, 0.717) is 22.6 Å². The van der Waals surface area contributed by atoms with Crippen LogP contribution in [0.25, 0.3) is 10.9 Å². The molecule has 2 aromatic carbocycles. The molecule has 0 aliphatic carbocycles. The third-order valence-corrected chi connectivity index (χ3v) is 5.12. The minimum absolute atomic E-state index is 0.148. The van der Waals surface area contributed by atoms with Crippen molar-refractivity contribution in [1.82, 2.24) is 9.55 Å². The summed E-state index contributed by atoms with van der Waals surface area (Å²) in [5.74, 6) is 0.295. The van der Waals surface area contributed by atoms with Crippen LogP contribution in [0.3, 0.4) is 0 Å². The molecule has 0 fully saturated rings. The number of amides is 1. The Kier molecular flexibility index (Phi) is 5.27. The van der Waals surface area contributed by atoms with Gasteiger partial charge in [0.25, 0.3) is 5.56 Å². The first-order valence-corrected chi connectivity index (χ1v) is 8.96. The highest BCUT2D eigenvalue weighted by Gasteiger charge is 2.17. The lowest BCUT2D eigenvalue weighted by Crippen LogP contribution is -2.27. The maximum atomic E-state index is 13.0. The third kappa shape index (κ3) is 3.72. The van der Waals surface area contributed by atoms with Crippen LogP contribution in [0.1, 0.15) is 12.5 Å². The van der Waals surface area contributed by atoms with Crippen LogP contribution < -0.4 is 16.0 Å². The summed E-state index contributed by atoms with van der Waals surface area (Å²) in [6.07, 6.45) is 0. The first kappa shape index (κ1) is 18.0. The van der Waals surface area contributed by atoms with E-state index in [1.807, 2.05) is 36.4 Å². The summed E-state index contributed by atoms with van der Waals surface area (Å²) in [5, 5.41) is 0.512. The van der Waals surface area contributed by atoms with Gasteiger partial charge in [-0.25, -0.2) is 4.98 Å². The van der Waals surface area contributed by atoms with Gasteiger partial charge in [-0.2, -0.15) is 0 Å². The second-order valence-corrected chi connectivity index (χ2v) is 7.12. The molecule has 0 radical (unpaired) electrons. The molecule has 1 atom stereocenters. The SMILES string of the molecule is COc1ccc(Cn2c(S[C@H](C)C(N)=O)nc3ccccc3c2=O)cc1. The predicted molar refractivity (Wildman–Crippen MR) is 103 cm³/mol. The molecular weight excluding hydrogens is 350 g/mol. The Labute approximate surface area is 155 Å². The van der Waals surface area contributed by atoms with E-state index < -0.39 is 11.2 Å². The van der Waals surface area contributed by atoms with Crippen LogP contribution in [-0.4, -0.2) is 27.8 Å². The molecule has 0 saturated heterocycles. The Balaban J connectivity index is 2.08. The summed E-state index contributed by atoms with van der Waals surface area (Å²) in [5.41, 5.74) is 6.76. The van der Waals surface area contributed by atoms with E-state index in [4.69, 9.17) is 10.5 Å². The molecule has 3 aromatic rings. The number of nitrogens with zero attached hydrogens (tertiary/aromatic N) is 2. The molecule has 0 bridgehead atoms. The number of ether oxygens (including phenoxy) is 1. The molecule has 7 heteroatoms. The number of primary amides is 1. The van der Waals surface area contributed by atoms with Gasteiger partial charge in [-0.1, -0.05) is 36.0 Å². The normalized spacial score (nSPS) is 12.1. The van der Waals surface area contributed by atoms with Crippen LogP contribution in [-0.2, 0) is 11.3 Å². The lowest BCUT2D eigenvalue weighted by Gasteiger charge is -2.15. The molecule has 1 heterocycles. The van der Waals surface area contributed by atoms with Gasteiger partial charge < -0.3 is 10.5 Å². The molecule has 0 unspecified atom stereocenters. The summed E-state index contributed by atoms with van der Waals surface area (Å²) < 4.78 is 6.74. The summed E-state index contributed by atoms with van der Waals surface area (Å²) in [6, 6.07) is 14.6. The minimum atomic E-state index is -0.495. The van der Waals surface area contributed by atoms with Crippen molar-refractivity contribution in [2.75, 3.05) is 7.11 Å². The summed E-state index contributed by atoms with van der Waals surface area (Å²) in [4.78, 5) is 29.0. The number of carbonyl (C=O) groups excluding carboxylic acids is 1. The van der Waals surface area contributed by atoms with Gasteiger partial charge in [-0.15, -0.1) is 0 Å². The fourth-order valence-electron chi connectivity index (χ4n) is 2.51. The topological polar surface area (TPSA) is 87.2 Å². The lowest BCUT2D eigenvalue weighted by atomic mass is 10.2. The first-order valence-electron chi connectivity index (χ1n) is 8.08. The van der Waals surface area contributed by atoms with Gasteiger partial charge in [0.2, 0.25) is 5.91 Å². The van der Waals surface area contributed by atoms with Crippen molar-refractivity contribution in [2.45, 2.75) is 23.9 Å². The van der Waals surface area contributed by atoms with Gasteiger partial charge in [0.1, 0.15) is 5.75 Å². The van der Waals surface area contributed by atoms with Crippen LogP contribution in [0, 0.1) is 0 Å². The number of nitrogens with two attached hydrogens (primary N) is 1. The van der Waals surface area contributed by atoms with Crippen LogP contribution >= 0.6 is 11.8 Å². The number of hydrogen-bond donors (Lipinski definition) is 1. The van der Waals surface area contributed by atoms with Crippen molar-refractivity contribution in [3.05, 3.63) is 64.4 Å². The van der Waals surface area contributed by atoms with Crippen molar-refractivity contribution in [1.29, 1.82) is 0 Å². The molecule has 0 spiro atoms. The third-order valence-electron chi connectivity index (χ3n) is 4.01. The van der Waals surface area contributed by atoms with Crippen LogP contribution in [0.4, 0.5) is 0 Å². The van der Waals surface area contributed by atoms with Crippen molar-refractivity contribution < 1.29 is 9.53 Å². The second kappa shape index (κ2) is 7.61. The van der Waals surface area contributed by atoms with Crippen molar-refractivity contribution in [3.63, 3.8) is 0 Å². The average Bonchev–Trinajstić information content (AvgIpc) is 2.65. The van der Waals surface area contributed by atoms with E-state index in [9.17, 15) is 9.59 Å². The zero-order valence-electron chi connectivity index (χ0n) is 14.5. The smallest absolute Gasteiger partial charge is 0.262 e. The largest absolute Gasteiger partial charge is 0.497 e. The summed E-state index contributed by atoms with van der Waals surface area (Å²) in [6.45, 7) is 2.04. The average molecular weight is 369 g/mol. The van der Waals surface area contributed by atoms with Crippen LogP contribution in [0.15, 0.2) is 58.5 Å². The highest BCUT2D eigenvalue weighted by atomic mass is 32.2. The quantitative estimate of drug-likeness (QED) is 0.533. The Morgan fingerprint density at radius 1 is 1.23 bits per heavy atom. The van der Waals surface area contributed by atoms with Gasteiger partial charge in [-0.3, -0.25) is 14.2 Å². The summed E-state index contributed by atoms with van der Waals surface area (Å²) >= 11 is 1.19. The van der Waals surface area contributed by atoms with E-state index in [-0.39, 0.29) is 5.56 Å². The van der Waals surface area contributed by atoms with Gasteiger partial charge in [-0.05, 0) is 36.8 Å². The van der Waals surface area contributed by atoms with Gasteiger partial charge >= 0.3 is 0 Å². The number of rotatable bonds is 6. The molecule has 6 nitrogen and oxygen atoms in total. The molecule has 134 valence electrons. The monoisotopic (exact) mass is 369 g/mol. The van der Waals surface area contributed by atoms with Gasteiger partial charge in [0.05, 0.1) is 29.8 Å². The molecule has 1 aromatic heterocycles. The maximum Gasteiger partial charge on any atom is 0.262 e. The Morgan fingerprint density at radius 2 is 1.92 bits per heavy atom. The fraction of sp³-hybridized carbons (Fsp3) is 0.211. The molecule has 0 aliphatic heterocycles. The van der Waals surface area contributed by atoms with E-state index >= 15 is 0 Å². The van der Waals surface area contributed by atoms with E-state index in [2.05, 4.69) is 4.98 Å². The second-order valence-electron chi connectivity index (χ2n) is 5.81. The molecule has 3 rings (SSSR count).